The van der Waals surface area contributed by atoms with Crippen molar-refractivity contribution in [3.63, 3.8) is 0 Å². The van der Waals surface area contributed by atoms with Gasteiger partial charge in [-0.1, -0.05) is 37.5 Å². The van der Waals surface area contributed by atoms with Crippen molar-refractivity contribution in [3.05, 3.63) is 30.3 Å². The van der Waals surface area contributed by atoms with E-state index in [-0.39, 0.29) is 11.9 Å². The van der Waals surface area contributed by atoms with E-state index in [1.54, 1.807) is 18.7 Å². The summed E-state index contributed by atoms with van der Waals surface area (Å²) in [4.78, 5) is 51.7. The largest absolute Gasteiger partial charge is 0.454 e. The summed E-state index contributed by atoms with van der Waals surface area (Å²) in [5, 5.41) is 2.50. The molecule has 1 heterocycles. The Kier molecular flexibility index (Phi) is 6.20. The van der Waals surface area contributed by atoms with Crippen LogP contribution in [0.15, 0.2) is 30.3 Å². The first kappa shape index (κ1) is 20.8. The molecule has 1 aliphatic heterocycles. The van der Waals surface area contributed by atoms with Crippen molar-refractivity contribution in [1.29, 1.82) is 0 Å². The maximum absolute atomic E-state index is 12.9. The van der Waals surface area contributed by atoms with E-state index < -0.39 is 36.6 Å². The maximum atomic E-state index is 12.9. The number of anilines is 1. The van der Waals surface area contributed by atoms with Crippen LogP contribution in [0.3, 0.4) is 0 Å². The Morgan fingerprint density at radius 3 is 2.38 bits per heavy atom. The van der Waals surface area contributed by atoms with Crippen LogP contribution in [0.5, 0.6) is 0 Å². The van der Waals surface area contributed by atoms with Gasteiger partial charge in [0.1, 0.15) is 12.1 Å². The number of rotatable bonds is 6. The average Bonchev–Trinajstić information content (AvgIpc) is 2.90. The van der Waals surface area contributed by atoms with E-state index in [4.69, 9.17) is 4.74 Å². The molecule has 0 unspecified atom stereocenters. The third-order valence-corrected chi connectivity index (χ3v) is 5.33. The van der Waals surface area contributed by atoms with Crippen LogP contribution >= 0.6 is 0 Å². The van der Waals surface area contributed by atoms with Gasteiger partial charge in [-0.15, -0.1) is 0 Å². The topological polar surface area (TPSA) is 96.0 Å². The molecule has 0 bridgehead atoms. The molecule has 0 atom stereocenters. The number of amides is 4. The minimum absolute atomic E-state index is 0.0732. The van der Waals surface area contributed by atoms with Gasteiger partial charge in [-0.3, -0.25) is 19.3 Å². The van der Waals surface area contributed by atoms with Crippen LogP contribution in [0.2, 0.25) is 0 Å². The third-order valence-electron chi connectivity index (χ3n) is 5.33. The number of hydrogen-bond donors (Lipinski definition) is 1. The second-order valence-electron chi connectivity index (χ2n) is 8.00. The number of esters is 1. The first-order chi connectivity index (χ1) is 13.8. The Morgan fingerprint density at radius 1 is 1.14 bits per heavy atom. The van der Waals surface area contributed by atoms with Crippen molar-refractivity contribution in [2.24, 2.45) is 0 Å². The molecule has 0 radical (unpaired) electrons. The van der Waals surface area contributed by atoms with Crippen LogP contribution < -0.4 is 10.2 Å². The summed E-state index contributed by atoms with van der Waals surface area (Å²) < 4.78 is 5.12. The van der Waals surface area contributed by atoms with Gasteiger partial charge in [0.15, 0.2) is 6.61 Å². The predicted molar refractivity (Wildman–Crippen MR) is 106 cm³/mol. The van der Waals surface area contributed by atoms with Gasteiger partial charge < -0.3 is 15.0 Å². The van der Waals surface area contributed by atoms with E-state index in [1.807, 2.05) is 30.3 Å². The number of hydrogen-bond acceptors (Lipinski definition) is 5. The van der Waals surface area contributed by atoms with Crippen LogP contribution in [0, 0.1) is 0 Å². The summed E-state index contributed by atoms with van der Waals surface area (Å²) in [7, 11) is 0. The highest BCUT2D eigenvalue weighted by Gasteiger charge is 2.45. The number of carbonyl (C=O) groups excluding carboxylic acids is 4. The Balaban J connectivity index is 1.62. The lowest BCUT2D eigenvalue weighted by molar-refractivity contribution is -0.150. The molecule has 1 N–H and O–H groups in total. The minimum Gasteiger partial charge on any atom is -0.454 e. The van der Waals surface area contributed by atoms with Gasteiger partial charge in [0, 0.05) is 11.7 Å². The summed E-state index contributed by atoms with van der Waals surface area (Å²) in [6.45, 7) is 2.17. The van der Waals surface area contributed by atoms with Crippen molar-refractivity contribution in [2.75, 3.05) is 18.1 Å². The van der Waals surface area contributed by atoms with E-state index in [0.29, 0.717) is 0 Å². The van der Waals surface area contributed by atoms with Crippen LogP contribution in [-0.2, 0) is 19.1 Å². The Morgan fingerprint density at radius 2 is 1.79 bits per heavy atom. The van der Waals surface area contributed by atoms with Crippen LogP contribution in [0.25, 0.3) is 0 Å². The predicted octanol–water partition coefficient (Wildman–Crippen LogP) is 2.23. The zero-order valence-corrected chi connectivity index (χ0v) is 16.8. The lowest BCUT2D eigenvalue weighted by Crippen LogP contribution is -2.44. The summed E-state index contributed by atoms with van der Waals surface area (Å²) >= 11 is 0. The molecular weight excluding hydrogens is 374 g/mol. The molecule has 2 aliphatic rings. The number of nitrogens with zero attached hydrogens (tertiary/aromatic N) is 2. The Bertz CT molecular complexity index is 787. The van der Waals surface area contributed by atoms with Crippen molar-refractivity contribution in [2.45, 2.75) is 57.5 Å². The number of imide groups is 1. The summed E-state index contributed by atoms with van der Waals surface area (Å²) in [6, 6.07) is 8.77. The molecule has 1 saturated heterocycles. The van der Waals surface area contributed by atoms with Gasteiger partial charge in [0.05, 0.1) is 0 Å². The first-order valence-corrected chi connectivity index (χ1v) is 9.96. The molecule has 1 saturated carbocycles. The van der Waals surface area contributed by atoms with E-state index in [9.17, 15) is 19.2 Å². The van der Waals surface area contributed by atoms with Gasteiger partial charge in [-0.05, 0) is 38.8 Å². The smallest absolute Gasteiger partial charge is 0.326 e. The van der Waals surface area contributed by atoms with Gasteiger partial charge >= 0.3 is 12.0 Å². The highest BCUT2D eigenvalue weighted by molar-refractivity contribution is 6.08. The molecule has 0 aromatic heterocycles. The van der Waals surface area contributed by atoms with Crippen LogP contribution in [-0.4, -0.2) is 53.4 Å². The number of ether oxygens (including phenoxy) is 1. The lowest BCUT2D eigenvalue weighted by atomic mass is 9.93. The van der Waals surface area contributed by atoms with E-state index >= 15 is 0 Å². The number of para-hydroxylation sites is 1. The normalized spacial score (nSPS) is 19.0. The highest BCUT2D eigenvalue weighted by atomic mass is 16.5. The van der Waals surface area contributed by atoms with Crippen LogP contribution in [0.1, 0.15) is 46.0 Å². The number of carbonyl (C=O) groups is 4. The van der Waals surface area contributed by atoms with Gasteiger partial charge in [0.2, 0.25) is 0 Å². The standard InChI is InChI=1S/C21H27N3O5/c1-21(2)19(27)23(20(28)22-21)13-18(26)29-14-17(25)24(15-9-5-3-6-10-15)16-11-7-4-8-12-16/h3,5-6,9-10,16H,4,7-8,11-14H2,1-2H3,(H,22,28). The molecule has 2 fully saturated rings. The van der Waals surface area contributed by atoms with Crippen molar-refractivity contribution in [3.8, 4) is 0 Å². The van der Waals surface area contributed by atoms with E-state index in [2.05, 4.69) is 5.32 Å². The van der Waals surface area contributed by atoms with Crippen molar-refractivity contribution in [1.82, 2.24) is 10.2 Å². The van der Waals surface area contributed by atoms with Gasteiger partial charge in [-0.2, -0.15) is 0 Å². The molecule has 1 aromatic rings. The lowest BCUT2D eigenvalue weighted by Gasteiger charge is -2.34. The first-order valence-electron chi connectivity index (χ1n) is 9.96. The van der Waals surface area contributed by atoms with Gasteiger partial charge in [0.25, 0.3) is 11.8 Å². The molecular formula is C21H27N3O5. The molecule has 8 heteroatoms. The zero-order valence-electron chi connectivity index (χ0n) is 16.8. The number of benzene rings is 1. The third kappa shape index (κ3) is 4.75. The average molecular weight is 401 g/mol. The quantitative estimate of drug-likeness (QED) is 0.582. The fraction of sp³-hybridized carbons (Fsp3) is 0.524. The second-order valence-corrected chi connectivity index (χ2v) is 8.00. The summed E-state index contributed by atoms with van der Waals surface area (Å²) in [6.07, 6.45) is 5.09. The van der Waals surface area contributed by atoms with Crippen molar-refractivity contribution < 1.29 is 23.9 Å². The molecule has 1 aromatic carbocycles. The Hall–Kier alpha value is -2.90. The zero-order chi connectivity index (χ0) is 21.0. The number of urea groups is 1. The maximum Gasteiger partial charge on any atom is 0.326 e. The molecule has 29 heavy (non-hydrogen) atoms. The van der Waals surface area contributed by atoms with Crippen molar-refractivity contribution >= 4 is 29.5 Å². The summed E-state index contributed by atoms with van der Waals surface area (Å²) in [5.74, 6) is -1.61. The van der Waals surface area contributed by atoms with E-state index in [0.717, 1.165) is 42.7 Å². The minimum atomic E-state index is -1.06. The fourth-order valence-electron chi connectivity index (χ4n) is 3.83. The second kappa shape index (κ2) is 8.63. The molecule has 4 amide bonds. The molecule has 0 spiro atoms. The Labute approximate surface area is 170 Å². The molecule has 8 nitrogen and oxygen atoms in total. The SMILES string of the molecule is CC1(C)NC(=O)N(CC(=O)OCC(=O)N(c2ccccc2)C2CCCCC2)C1=O. The van der Waals surface area contributed by atoms with Crippen LogP contribution in [0.4, 0.5) is 10.5 Å². The monoisotopic (exact) mass is 401 g/mol. The highest BCUT2D eigenvalue weighted by Crippen LogP contribution is 2.27. The van der Waals surface area contributed by atoms with E-state index in [1.165, 1.54) is 0 Å². The molecule has 1 aliphatic carbocycles. The van der Waals surface area contributed by atoms with Gasteiger partial charge in [-0.25, -0.2) is 4.79 Å². The molecule has 156 valence electrons. The summed E-state index contributed by atoms with van der Waals surface area (Å²) in [5.41, 5.74) is -0.283. The number of nitrogens with one attached hydrogen (secondary N) is 1. The molecule has 3 rings (SSSR count). The fourth-order valence-corrected chi connectivity index (χ4v) is 3.83.